The zero-order chi connectivity index (χ0) is 51.6. The summed E-state index contributed by atoms with van der Waals surface area (Å²) in [5, 5.41) is 27.4. The predicted molar refractivity (Wildman–Crippen MR) is 305 cm³/mol. The van der Waals surface area contributed by atoms with Crippen molar-refractivity contribution in [1.82, 2.24) is 0 Å². The first-order chi connectivity index (χ1) is 36.2. The Morgan fingerprint density at radius 2 is 0.568 bits per heavy atom. The Balaban J connectivity index is 0.904. The van der Waals surface area contributed by atoms with Crippen molar-refractivity contribution in [3.8, 4) is 11.5 Å². The van der Waals surface area contributed by atoms with E-state index in [0.29, 0.717) is 57.2 Å². The van der Waals surface area contributed by atoms with Gasteiger partial charge in [0.15, 0.2) is 0 Å². The molecule has 8 nitrogen and oxygen atoms in total. The minimum Gasteiger partial charge on any atom is -0.508 e. The van der Waals surface area contributed by atoms with E-state index in [9.17, 15) is 29.4 Å². The lowest BCUT2D eigenvalue weighted by Crippen LogP contribution is -2.41. The summed E-state index contributed by atoms with van der Waals surface area (Å²) >= 11 is 0. The maximum Gasteiger partial charge on any atom is 0.265 e. The lowest BCUT2D eigenvalue weighted by Gasteiger charge is -2.31. The van der Waals surface area contributed by atoms with E-state index in [4.69, 9.17) is 0 Å². The van der Waals surface area contributed by atoms with Crippen molar-refractivity contribution in [3.63, 3.8) is 0 Å². The highest BCUT2D eigenvalue weighted by Gasteiger charge is 2.39. The van der Waals surface area contributed by atoms with Crippen LogP contribution in [0, 0.1) is 0 Å². The first-order valence-corrected chi connectivity index (χ1v) is 28.8. The van der Waals surface area contributed by atoms with Gasteiger partial charge in [0.1, 0.15) is 11.5 Å². The van der Waals surface area contributed by atoms with Crippen molar-refractivity contribution in [2.24, 2.45) is 0 Å². The maximum atomic E-state index is 14.7. The fraction of sp³-hybridized carbons (Fsp3) is 0.455. The van der Waals surface area contributed by atoms with E-state index in [-0.39, 0.29) is 11.5 Å². The maximum absolute atomic E-state index is 14.7. The van der Waals surface area contributed by atoms with E-state index in [0.717, 1.165) is 82.0 Å². The van der Waals surface area contributed by atoms with Crippen molar-refractivity contribution < 1.29 is 29.4 Å². The van der Waals surface area contributed by atoms with Crippen LogP contribution in [0.2, 0.25) is 0 Å². The zero-order valence-electron chi connectivity index (χ0n) is 44.3. The van der Waals surface area contributed by atoms with E-state index in [1.807, 2.05) is 24.3 Å². The van der Waals surface area contributed by atoms with Crippen LogP contribution >= 0.6 is 0 Å². The Bertz CT molecular complexity index is 2800. The molecule has 7 aromatic rings. The van der Waals surface area contributed by atoms with Crippen LogP contribution in [0.1, 0.15) is 233 Å². The second kappa shape index (κ2) is 24.8. The van der Waals surface area contributed by atoms with Gasteiger partial charge in [-0.3, -0.25) is 19.2 Å². The summed E-state index contributed by atoms with van der Waals surface area (Å²) in [7, 11) is 0. The summed E-state index contributed by atoms with van der Waals surface area (Å²) in [6.07, 6.45) is 33.6. The SMILES string of the molecule is CCCCCCCCCCCCCCCc1cc(O)ccc1N1C(=O)c2ccc3c4ccc5c6c(ccc(c7ccc(c2c37)C1=O)c64)C(=O)N(c1ccc(O)cc1CCCCCCCCCCCCCCC)C5=O. The van der Waals surface area contributed by atoms with Gasteiger partial charge in [0, 0.05) is 33.0 Å². The molecule has 0 atom stereocenters. The molecule has 0 fully saturated rings. The summed E-state index contributed by atoms with van der Waals surface area (Å²) in [4.78, 5) is 61.5. The molecule has 2 aliphatic rings. The number of phenols is 2. The van der Waals surface area contributed by atoms with Crippen molar-refractivity contribution in [1.29, 1.82) is 0 Å². The molecule has 7 aromatic carbocycles. The Morgan fingerprint density at radius 1 is 0.311 bits per heavy atom. The lowest BCUT2D eigenvalue weighted by molar-refractivity contribution is 0.0877. The van der Waals surface area contributed by atoms with Crippen LogP contribution in [0.25, 0.3) is 43.1 Å². The Kier molecular flexibility index (Phi) is 17.6. The van der Waals surface area contributed by atoms with Gasteiger partial charge in [0.05, 0.1) is 11.4 Å². The van der Waals surface area contributed by atoms with Gasteiger partial charge in [0.2, 0.25) is 0 Å². The van der Waals surface area contributed by atoms with Crippen LogP contribution in [0.5, 0.6) is 11.5 Å². The number of phenolic OH excluding ortho intramolecular Hbond substituents is 2. The van der Waals surface area contributed by atoms with Gasteiger partial charge in [-0.25, -0.2) is 9.80 Å². The molecule has 388 valence electrons. The molecule has 0 saturated heterocycles. The van der Waals surface area contributed by atoms with Crippen molar-refractivity contribution in [2.45, 2.75) is 194 Å². The molecule has 0 bridgehead atoms. The normalized spacial score (nSPS) is 13.6. The van der Waals surface area contributed by atoms with Crippen LogP contribution in [0.4, 0.5) is 11.4 Å². The fourth-order valence-corrected chi connectivity index (χ4v) is 12.4. The number of unbranched alkanes of at least 4 members (excludes halogenated alkanes) is 24. The lowest BCUT2D eigenvalue weighted by atomic mass is 9.82. The minimum atomic E-state index is -0.404. The Labute approximate surface area is 438 Å². The highest BCUT2D eigenvalue weighted by molar-refractivity contribution is 6.45. The molecule has 0 radical (unpaired) electrons. The smallest absolute Gasteiger partial charge is 0.265 e. The standard InChI is InChI=1S/C66H78N2O6/c1-3-5-7-9-11-13-15-17-19-21-23-25-27-29-45-43-47(69)31-41-57(45)67-63(71)53-37-33-49-51-35-39-55-62-56(40-36-52(60(51)62)50-34-38-54(64(67)72)61(53)59(49)50)66(74)68(65(55)73)58-42-32-48(70)44-46(58)30-28-26-24-22-20-18-16-14-12-10-8-6-4-2/h31-44,69-70H,3-30H2,1-2H3. The number of benzene rings is 7. The van der Waals surface area contributed by atoms with Gasteiger partial charge in [0.25, 0.3) is 23.6 Å². The third kappa shape index (κ3) is 11.1. The third-order valence-corrected chi connectivity index (χ3v) is 16.3. The number of amides is 4. The number of nitrogens with zero attached hydrogens (tertiary/aromatic N) is 2. The first kappa shape index (κ1) is 52.6. The number of hydrogen-bond donors (Lipinski definition) is 2. The number of hydrogen-bond acceptors (Lipinski definition) is 6. The molecule has 0 saturated carbocycles. The summed E-state index contributed by atoms with van der Waals surface area (Å²) in [6, 6.07) is 24.9. The van der Waals surface area contributed by atoms with Crippen LogP contribution in [-0.4, -0.2) is 33.8 Å². The minimum absolute atomic E-state index is 0.106. The first-order valence-electron chi connectivity index (χ1n) is 28.8. The highest BCUT2D eigenvalue weighted by Crippen LogP contribution is 2.48. The number of fused-ring (bicyclic) bond motifs is 2. The van der Waals surface area contributed by atoms with E-state index in [1.54, 1.807) is 60.7 Å². The molecule has 2 N–H and O–H groups in total. The van der Waals surface area contributed by atoms with Crippen molar-refractivity contribution in [3.05, 3.63) is 118 Å². The van der Waals surface area contributed by atoms with Crippen molar-refractivity contribution >= 4 is 78.1 Å². The van der Waals surface area contributed by atoms with E-state index in [2.05, 4.69) is 13.8 Å². The average Bonchev–Trinajstić information content (AvgIpc) is 3.45. The fourth-order valence-electron chi connectivity index (χ4n) is 12.4. The average molecular weight is 995 g/mol. The molecule has 2 heterocycles. The molecule has 2 aliphatic heterocycles. The number of aryl methyl sites for hydroxylation is 2. The van der Waals surface area contributed by atoms with Gasteiger partial charge in [-0.1, -0.05) is 192 Å². The largest absolute Gasteiger partial charge is 0.508 e. The van der Waals surface area contributed by atoms with Crippen LogP contribution in [0.3, 0.4) is 0 Å². The van der Waals surface area contributed by atoms with Crippen LogP contribution in [-0.2, 0) is 12.8 Å². The number of aromatic hydroxyl groups is 2. The summed E-state index contributed by atoms with van der Waals surface area (Å²) in [5.74, 6) is -1.40. The molecule has 9 rings (SSSR count). The quantitative estimate of drug-likeness (QED) is 0.0201. The monoisotopic (exact) mass is 995 g/mol. The van der Waals surface area contributed by atoms with E-state index < -0.39 is 23.6 Å². The van der Waals surface area contributed by atoms with Gasteiger partial charge in [-0.2, -0.15) is 0 Å². The molecular weight excluding hydrogens is 917 g/mol. The molecule has 8 heteroatoms. The Morgan fingerprint density at radius 3 is 0.838 bits per heavy atom. The number of carbonyl (C=O) groups excluding carboxylic acids is 4. The highest BCUT2D eigenvalue weighted by atomic mass is 16.3. The van der Waals surface area contributed by atoms with Gasteiger partial charge >= 0.3 is 0 Å². The summed E-state index contributed by atoms with van der Waals surface area (Å²) in [6.45, 7) is 4.52. The topological polar surface area (TPSA) is 115 Å². The van der Waals surface area contributed by atoms with Crippen LogP contribution < -0.4 is 9.80 Å². The third-order valence-electron chi connectivity index (χ3n) is 16.3. The van der Waals surface area contributed by atoms with E-state index in [1.165, 1.54) is 138 Å². The molecule has 0 aromatic heterocycles. The van der Waals surface area contributed by atoms with Gasteiger partial charge < -0.3 is 10.2 Å². The summed E-state index contributed by atoms with van der Waals surface area (Å²) in [5.41, 5.74) is 4.27. The second-order valence-electron chi connectivity index (χ2n) is 21.6. The second-order valence-corrected chi connectivity index (χ2v) is 21.6. The predicted octanol–water partition coefficient (Wildman–Crippen LogP) is 18.0. The zero-order valence-corrected chi connectivity index (χ0v) is 44.3. The molecule has 74 heavy (non-hydrogen) atoms. The number of anilines is 2. The number of imide groups is 2. The van der Waals surface area contributed by atoms with E-state index >= 15 is 0 Å². The molecule has 0 aliphatic carbocycles. The number of rotatable bonds is 30. The number of carbonyl (C=O) groups is 4. The molecule has 4 amide bonds. The molecule has 0 unspecified atom stereocenters. The summed E-state index contributed by atoms with van der Waals surface area (Å²) < 4.78 is 0. The van der Waals surface area contributed by atoms with Crippen molar-refractivity contribution in [2.75, 3.05) is 9.80 Å². The van der Waals surface area contributed by atoms with Gasteiger partial charge in [-0.05, 0) is 130 Å². The van der Waals surface area contributed by atoms with Crippen LogP contribution in [0.15, 0.2) is 84.9 Å². The molecular formula is C66H78N2O6. The van der Waals surface area contributed by atoms with Gasteiger partial charge in [-0.15, -0.1) is 0 Å². The Hall–Kier alpha value is -6.28. The molecule has 0 spiro atoms.